The first-order valence-corrected chi connectivity index (χ1v) is 10.7. The van der Waals surface area contributed by atoms with Gasteiger partial charge in [0, 0.05) is 12.6 Å². The summed E-state index contributed by atoms with van der Waals surface area (Å²) < 4.78 is 85.1. The molecule has 3 aromatic rings. The van der Waals surface area contributed by atoms with Gasteiger partial charge in [-0.15, -0.1) is 0 Å². The molecule has 0 saturated heterocycles. The van der Waals surface area contributed by atoms with Crippen molar-refractivity contribution in [3.8, 4) is 5.75 Å². The highest BCUT2D eigenvalue weighted by molar-refractivity contribution is 7.92. The molecule has 7 nitrogen and oxygen atoms in total. The van der Waals surface area contributed by atoms with Crippen LogP contribution in [0.2, 0.25) is 0 Å². The predicted octanol–water partition coefficient (Wildman–Crippen LogP) is 3.98. The summed E-state index contributed by atoms with van der Waals surface area (Å²) in [5.41, 5.74) is -1.62. The molecule has 12 heteroatoms. The van der Waals surface area contributed by atoms with Gasteiger partial charge in [-0.2, -0.15) is 13.2 Å². The van der Waals surface area contributed by atoms with Crippen molar-refractivity contribution in [1.29, 1.82) is 0 Å². The lowest BCUT2D eigenvalue weighted by Crippen LogP contribution is -2.26. The van der Waals surface area contributed by atoms with Gasteiger partial charge < -0.3 is 10.1 Å². The van der Waals surface area contributed by atoms with Gasteiger partial charge in [0.2, 0.25) is 0 Å². The van der Waals surface area contributed by atoms with Gasteiger partial charge in [-0.25, -0.2) is 12.8 Å². The number of anilines is 1. The zero-order chi connectivity index (χ0) is 24.2. The molecule has 33 heavy (non-hydrogen) atoms. The van der Waals surface area contributed by atoms with Crippen molar-refractivity contribution in [1.82, 2.24) is 10.3 Å². The molecule has 1 aromatic heterocycles. The molecule has 0 saturated carbocycles. The van der Waals surface area contributed by atoms with Crippen molar-refractivity contribution >= 4 is 21.6 Å². The fraction of sp³-hybridized carbons (Fsp3) is 0.143. The Bertz CT molecular complexity index is 1280. The minimum Gasteiger partial charge on any atom is -0.495 e. The molecule has 174 valence electrons. The Balaban J connectivity index is 1.82. The number of methoxy groups -OCH3 is 1. The number of benzene rings is 2. The first-order chi connectivity index (χ1) is 15.5. The van der Waals surface area contributed by atoms with Crippen molar-refractivity contribution < 1.29 is 35.5 Å². The summed E-state index contributed by atoms with van der Waals surface area (Å²) in [5, 5.41) is 2.35. The maximum absolute atomic E-state index is 13.4. The van der Waals surface area contributed by atoms with Crippen LogP contribution in [0.4, 0.5) is 23.2 Å². The number of amides is 1. The van der Waals surface area contributed by atoms with E-state index in [1.54, 1.807) is 0 Å². The Morgan fingerprint density at radius 2 is 1.82 bits per heavy atom. The first kappa shape index (κ1) is 24.0. The molecule has 0 unspecified atom stereocenters. The van der Waals surface area contributed by atoms with Crippen molar-refractivity contribution in [3.05, 3.63) is 83.4 Å². The highest BCUT2D eigenvalue weighted by Crippen LogP contribution is 2.32. The van der Waals surface area contributed by atoms with Crippen molar-refractivity contribution in [2.24, 2.45) is 0 Å². The molecular formula is C21H17F4N3O4S. The van der Waals surface area contributed by atoms with Crippen LogP contribution in [-0.4, -0.2) is 26.4 Å². The van der Waals surface area contributed by atoms with E-state index in [2.05, 4.69) is 15.0 Å². The van der Waals surface area contributed by atoms with Crippen LogP contribution in [0.5, 0.6) is 5.75 Å². The largest absolute Gasteiger partial charge is 0.495 e. The van der Waals surface area contributed by atoms with Crippen molar-refractivity contribution in [2.75, 3.05) is 11.8 Å². The third-order valence-electron chi connectivity index (χ3n) is 4.41. The number of hydrogen-bond donors (Lipinski definition) is 2. The van der Waals surface area contributed by atoms with E-state index in [0.717, 1.165) is 6.07 Å². The predicted molar refractivity (Wildman–Crippen MR) is 111 cm³/mol. The van der Waals surface area contributed by atoms with Crippen molar-refractivity contribution in [3.63, 3.8) is 0 Å². The number of halogens is 4. The fourth-order valence-corrected chi connectivity index (χ4v) is 4.10. The van der Waals surface area contributed by atoms with Gasteiger partial charge in [0.25, 0.3) is 15.9 Å². The summed E-state index contributed by atoms with van der Waals surface area (Å²) in [4.78, 5) is 16.1. The van der Waals surface area contributed by atoms with Crippen LogP contribution in [0.1, 0.15) is 21.5 Å². The summed E-state index contributed by atoms with van der Waals surface area (Å²) >= 11 is 0. The minimum atomic E-state index is -4.90. The zero-order valence-corrected chi connectivity index (χ0v) is 17.8. The van der Waals surface area contributed by atoms with Crippen LogP contribution >= 0.6 is 0 Å². The maximum atomic E-state index is 13.4. The second-order valence-electron chi connectivity index (χ2n) is 6.71. The molecule has 0 fully saturated rings. The summed E-state index contributed by atoms with van der Waals surface area (Å²) in [6.45, 7) is -0.385. The molecule has 0 aliphatic carbocycles. The number of hydrogen-bond acceptors (Lipinski definition) is 5. The molecule has 0 aliphatic rings. The molecule has 1 amide bonds. The number of nitrogens with one attached hydrogen (secondary N) is 2. The quantitative estimate of drug-likeness (QED) is 0.496. The van der Waals surface area contributed by atoms with E-state index < -0.39 is 33.5 Å². The number of nitrogens with zero attached hydrogens (tertiary/aromatic N) is 1. The molecule has 0 radical (unpaired) electrons. The van der Waals surface area contributed by atoms with E-state index in [0.29, 0.717) is 17.9 Å². The summed E-state index contributed by atoms with van der Waals surface area (Å²) in [5.74, 6) is -1.98. The van der Waals surface area contributed by atoms with Gasteiger partial charge in [-0.05, 0) is 29.8 Å². The van der Waals surface area contributed by atoms with Crippen LogP contribution in [-0.2, 0) is 22.7 Å². The molecule has 0 atom stereocenters. The minimum absolute atomic E-state index is 0.0157. The summed E-state index contributed by atoms with van der Waals surface area (Å²) in [6, 6.07) is 8.99. The number of carbonyl (C=O) groups is 1. The molecular weight excluding hydrogens is 466 g/mol. The average molecular weight is 483 g/mol. The van der Waals surface area contributed by atoms with Crippen LogP contribution in [0.25, 0.3) is 0 Å². The Labute approximate surface area is 186 Å². The lowest BCUT2D eigenvalue weighted by atomic mass is 10.1. The monoisotopic (exact) mass is 483 g/mol. The number of alkyl halides is 3. The lowest BCUT2D eigenvalue weighted by molar-refractivity contribution is -0.140. The number of sulfonamides is 1. The second-order valence-corrected chi connectivity index (χ2v) is 8.36. The van der Waals surface area contributed by atoms with E-state index in [4.69, 9.17) is 4.74 Å². The molecule has 0 spiro atoms. The fourth-order valence-electron chi connectivity index (χ4n) is 2.86. The van der Waals surface area contributed by atoms with E-state index in [1.807, 2.05) is 0 Å². The standard InChI is InChI=1S/C21H17F4N3O4S/c1-32-15-9-14(11-26-12-15)28-33(30,31)19-5-3-2-4-16(19)20(29)27-10-13-6-7-18(22)17(8-13)21(23,24)25/h2-9,11-12,28H,10H2,1H3,(H,27,29). The van der Waals surface area contributed by atoms with Gasteiger partial charge in [0.15, 0.2) is 0 Å². The lowest BCUT2D eigenvalue weighted by Gasteiger charge is -2.14. The maximum Gasteiger partial charge on any atom is 0.419 e. The number of pyridine rings is 1. The van der Waals surface area contributed by atoms with Gasteiger partial charge in [0.1, 0.15) is 16.5 Å². The number of aromatic nitrogens is 1. The molecule has 3 rings (SSSR count). The number of ether oxygens (including phenoxy) is 1. The average Bonchev–Trinajstić information content (AvgIpc) is 2.77. The van der Waals surface area contributed by atoms with Crippen LogP contribution in [0, 0.1) is 5.82 Å². The smallest absolute Gasteiger partial charge is 0.419 e. The first-order valence-electron chi connectivity index (χ1n) is 9.26. The van der Waals surface area contributed by atoms with E-state index in [9.17, 15) is 30.8 Å². The summed E-state index contributed by atoms with van der Waals surface area (Å²) in [7, 11) is -2.85. The summed E-state index contributed by atoms with van der Waals surface area (Å²) in [6.07, 6.45) is -2.28. The van der Waals surface area contributed by atoms with Crippen LogP contribution < -0.4 is 14.8 Å². The Hall–Kier alpha value is -3.67. The SMILES string of the molecule is COc1cncc(NS(=O)(=O)c2ccccc2C(=O)NCc2ccc(F)c(C(F)(F)F)c2)c1. The van der Waals surface area contributed by atoms with E-state index in [1.165, 1.54) is 49.8 Å². The van der Waals surface area contributed by atoms with Crippen LogP contribution in [0.3, 0.4) is 0 Å². The third-order valence-corrected chi connectivity index (χ3v) is 5.85. The molecule has 0 aliphatic heterocycles. The highest BCUT2D eigenvalue weighted by Gasteiger charge is 2.34. The molecule has 0 bridgehead atoms. The molecule has 1 heterocycles. The Morgan fingerprint density at radius 3 is 2.52 bits per heavy atom. The van der Waals surface area contributed by atoms with Gasteiger partial charge in [-0.1, -0.05) is 18.2 Å². The topological polar surface area (TPSA) is 97.4 Å². The number of rotatable bonds is 7. The van der Waals surface area contributed by atoms with Crippen LogP contribution in [0.15, 0.2) is 65.8 Å². The van der Waals surface area contributed by atoms with Gasteiger partial charge in [-0.3, -0.25) is 14.5 Å². The second kappa shape index (κ2) is 9.45. The van der Waals surface area contributed by atoms with Crippen molar-refractivity contribution in [2.45, 2.75) is 17.6 Å². The van der Waals surface area contributed by atoms with Gasteiger partial charge in [0.05, 0.1) is 36.3 Å². The normalized spacial score (nSPS) is 11.7. The Morgan fingerprint density at radius 1 is 1.09 bits per heavy atom. The molecule has 2 aromatic carbocycles. The third kappa shape index (κ3) is 5.77. The van der Waals surface area contributed by atoms with E-state index >= 15 is 0 Å². The molecule has 2 N–H and O–H groups in total. The van der Waals surface area contributed by atoms with E-state index in [-0.39, 0.29) is 28.3 Å². The highest BCUT2D eigenvalue weighted by atomic mass is 32.2. The number of carbonyl (C=O) groups excluding carboxylic acids is 1. The Kier molecular flexibility index (Phi) is 6.86. The van der Waals surface area contributed by atoms with Gasteiger partial charge >= 0.3 is 6.18 Å². The zero-order valence-electron chi connectivity index (χ0n) is 17.0.